The second kappa shape index (κ2) is 8.10. The Hall–Kier alpha value is -3.15. The van der Waals surface area contributed by atoms with E-state index in [0.29, 0.717) is 34.1 Å². The predicted molar refractivity (Wildman–Crippen MR) is 94.1 cm³/mol. The molecule has 2 aromatic carbocycles. The van der Waals surface area contributed by atoms with Crippen molar-refractivity contribution in [1.82, 2.24) is 0 Å². The number of phenolic OH excluding ortho intramolecular Hbond substituents is 1. The maximum atomic E-state index is 12.5. The number of carbonyl (C=O) groups is 1. The van der Waals surface area contributed by atoms with Crippen LogP contribution in [0.15, 0.2) is 36.4 Å². The third-order valence-electron chi connectivity index (χ3n) is 3.61. The van der Waals surface area contributed by atoms with Crippen molar-refractivity contribution in [3.05, 3.63) is 47.5 Å². The molecule has 2 rings (SSSR count). The number of ketones is 1. The maximum absolute atomic E-state index is 12.5. The summed E-state index contributed by atoms with van der Waals surface area (Å²) in [5.41, 5.74) is 0.841. The normalized spacial score (nSPS) is 10.6. The van der Waals surface area contributed by atoms with E-state index in [0.717, 1.165) is 0 Å². The summed E-state index contributed by atoms with van der Waals surface area (Å²) < 4.78 is 20.8. The number of allylic oxidation sites excluding steroid dienone is 1. The molecule has 0 aliphatic rings. The molecule has 1 N–H and O–H groups in total. The number of aromatic hydroxyl groups is 1. The van der Waals surface area contributed by atoms with Gasteiger partial charge in [0.25, 0.3) is 0 Å². The maximum Gasteiger partial charge on any atom is 0.203 e. The van der Waals surface area contributed by atoms with Crippen LogP contribution in [0.2, 0.25) is 0 Å². The topological polar surface area (TPSA) is 74.2 Å². The van der Waals surface area contributed by atoms with Crippen molar-refractivity contribution >= 4 is 11.9 Å². The number of methoxy groups -OCH3 is 4. The van der Waals surface area contributed by atoms with Crippen LogP contribution in [0.4, 0.5) is 0 Å². The van der Waals surface area contributed by atoms with Crippen LogP contribution in [-0.4, -0.2) is 39.3 Å². The fraction of sp³-hybridized carbons (Fsp3) is 0.211. The highest BCUT2D eigenvalue weighted by atomic mass is 16.5. The molecule has 25 heavy (non-hydrogen) atoms. The number of phenols is 1. The lowest BCUT2D eigenvalue weighted by atomic mass is 10.1. The molecule has 0 amide bonds. The van der Waals surface area contributed by atoms with E-state index in [1.807, 2.05) is 0 Å². The van der Waals surface area contributed by atoms with Gasteiger partial charge in [0.1, 0.15) is 0 Å². The molecular formula is C19H20O6. The summed E-state index contributed by atoms with van der Waals surface area (Å²) in [7, 11) is 5.92. The number of carbonyl (C=O) groups excluding carboxylic acids is 1. The highest BCUT2D eigenvalue weighted by Gasteiger charge is 2.16. The van der Waals surface area contributed by atoms with Gasteiger partial charge in [0.15, 0.2) is 28.8 Å². The molecule has 0 unspecified atom stereocenters. The van der Waals surface area contributed by atoms with E-state index in [-0.39, 0.29) is 11.5 Å². The minimum atomic E-state index is -0.276. The number of benzene rings is 2. The highest BCUT2D eigenvalue weighted by molar-refractivity contribution is 6.07. The van der Waals surface area contributed by atoms with Gasteiger partial charge in [-0.05, 0) is 30.4 Å². The van der Waals surface area contributed by atoms with Crippen molar-refractivity contribution in [3.8, 4) is 28.7 Å². The molecule has 0 spiro atoms. The largest absolute Gasteiger partial charge is 0.504 e. The lowest BCUT2D eigenvalue weighted by molar-refractivity contribution is 0.104. The highest BCUT2D eigenvalue weighted by Crippen LogP contribution is 2.38. The first kappa shape index (κ1) is 18.2. The van der Waals surface area contributed by atoms with Crippen LogP contribution in [0, 0.1) is 0 Å². The quantitative estimate of drug-likeness (QED) is 0.613. The lowest BCUT2D eigenvalue weighted by Crippen LogP contribution is -2.00. The van der Waals surface area contributed by atoms with Gasteiger partial charge in [0, 0.05) is 11.1 Å². The van der Waals surface area contributed by atoms with Crippen LogP contribution in [0.5, 0.6) is 28.7 Å². The molecule has 0 fully saturated rings. The summed E-state index contributed by atoms with van der Waals surface area (Å²) >= 11 is 0. The van der Waals surface area contributed by atoms with E-state index in [2.05, 4.69) is 0 Å². The van der Waals surface area contributed by atoms with Crippen LogP contribution < -0.4 is 18.9 Å². The fourth-order valence-corrected chi connectivity index (χ4v) is 2.32. The van der Waals surface area contributed by atoms with Gasteiger partial charge in [0.05, 0.1) is 28.4 Å². The molecule has 0 radical (unpaired) electrons. The minimum absolute atomic E-state index is 0.0288. The van der Waals surface area contributed by atoms with Crippen molar-refractivity contribution in [2.24, 2.45) is 0 Å². The molecular weight excluding hydrogens is 324 g/mol. The molecule has 0 aliphatic carbocycles. The molecule has 2 aromatic rings. The van der Waals surface area contributed by atoms with Gasteiger partial charge in [-0.25, -0.2) is 0 Å². The van der Waals surface area contributed by atoms with Gasteiger partial charge >= 0.3 is 0 Å². The van der Waals surface area contributed by atoms with E-state index in [1.165, 1.54) is 40.6 Å². The Labute approximate surface area is 146 Å². The molecule has 0 saturated heterocycles. The number of hydrogen-bond donors (Lipinski definition) is 1. The molecule has 0 aromatic heterocycles. The molecule has 6 heteroatoms. The third kappa shape index (κ3) is 3.85. The molecule has 6 nitrogen and oxygen atoms in total. The zero-order valence-electron chi connectivity index (χ0n) is 14.5. The van der Waals surface area contributed by atoms with E-state index in [4.69, 9.17) is 18.9 Å². The van der Waals surface area contributed by atoms with Gasteiger partial charge in [0.2, 0.25) is 5.75 Å². The fourth-order valence-electron chi connectivity index (χ4n) is 2.32. The Morgan fingerprint density at radius 1 is 0.920 bits per heavy atom. The number of para-hydroxylation sites is 1. The Morgan fingerprint density at radius 3 is 2.04 bits per heavy atom. The second-order valence-electron chi connectivity index (χ2n) is 5.01. The zero-order valence-corrected chi connectivity index (χ0v) is 14.5. The van der Waals surface area contributed by atoms with E-state index >= 15 is 0 Å². The summed E-state index contributed by atoms with van der Waals surface area (Å²) in [5.74, 6) is 1.23. The van der Waals surface area contributed by atoms with Gasteiger partial charge < -0.3 is 24.1 Å². The summed E-state index contributed by atoms with van der Waals surface area (Å²) in [6.07, 6.45) is 2.87. The van der Waals surface area contributed by atoms with Crippen molar-refractivity contribution in [2.75, 3.05) is 28.4 Å². The first-order valence-electron chi connectivity index (χ1n) is 7.44. The number of hydrogen-bond acceptors (Lipinski definition) is 6. The Bertz CT molecular complexity index is 769. The number of rotatable bonds is 7. The van der Waals surface area contributed by atoms with Crippen LogP contribution in [0.25, 0.3) is 6.08 Å². The van der Waals surface area contributed by atoms with Crippen molar-refractivity contribution in [3.63, 3.8) is 0 Å². The Morgan fingerprint density at radius 2 is 1.52 bits per heavy atom. The average molecular weight is 344 g/mol. The molecule has 0 bridgehead atoms. The predicted octanol–water partition coefficient (Wildman–Crippen LogP) is 3.32. The first-order chi connectivity index (χ1) is 12.0. The third-order valence-corrected chi connectivity index (χ3v) is 3.61. The average Bonchev–Trinajstić information content (AvgIpc) is 2.65. The molecule has 0 aliphatic heterocycles. The van der Waals surface area contributed by atoms with Gasteiger partial charge in [-0.3, -0.25) is 4.79 Å². The lowest BCUT2D eigenvalue weighted by Gasteiger charge is -2.13. The van der Waals surface area contributed by atoms with Crippen molar-refractivity contribution in [2.45, 2.75) is 0 Å². The van der Waals surface area contributed by atoms with E-state index < -0.39 is 0 Å². The SMILES string of the molecule is COc1cccc(/C=C/C(=O)c2cc(OC)c(OC)c(OC)c2)c1O. The van der Waals surface area contributed by atoms with Gasteiger partial charge in [-0.1, -0.05) is 12.1 Å². The van der Waals surface area contributed by atoms with Crippen molar-refractivity contribution in [1.29, 1.82) is 0 Å². The Kier molecular flexibility index (Phi) is 5.89. The molecule has 132 valence electrons. The monoisotopic (exact) mass is 344 g/mol. The summed E-state index contributed by atoms with van der Waals surface area (Å²) in [6, 6.07) is 8.17. The number of ether oxygens (including phenoxy) is 4. The smallest absolute Gasteiger partial charge is 0.203 e. The summed E-state index contributed by atoms with van der Waals surface area (Å²) in [6.45, 7) is 0. The van der Waals surface area contributed by atoms with Crippen LogP contribution in [-0.2, 0) is 0 Å². The van der Waals surface area contributed by atoms with E-state index in [9.17, 15) is 9.90 Å². The van der Waals surface area contributed by atoms with Crippen LogP contribution >= 0.6 is 0 Å². The molecule has 0 heterocycles. The van der Waals surface area contributed by atoms with Crippen molar-refractivity contribution < 1.29 is 28.8 Å². The van der Waals surface area contributed by atoms with E-state index in [1.54, 1.807) is 30.3 Å². The minimum Gasteiger partial charge on any atom is -0.504 e. The zero-order chi connectivity index (χ0) is 18.4. The van der Waals surface area contributed by atoms with Gasteiger partial charge in [-0.15, -0.1) is 0 Å². The first-order valence-corrected chi connectivity index (χ1v) is 7.44. The van der Waals surface area contributed by atoms with Gasteiger partial charge in [-0.2, -0.15) is 0 Å². The summed E-state index contributed by atoms with van der Waals surface area (Å²) in [4.78, 5) is 12.5. The second-order valence-corrected chi connectivity index (χ2v) is 5.01. The Balaban J connectivity index is 2.35. The standard InChI is InChI=1S/C19H20O6/c1-22-15-7-5-6-12(18(15)21)8-9-14(20)13-10-16(23-2)19(25-4)17(11-13)24-3/h5-11,21H,1-4H3/b9-8+. The molecule has 0 saturated carbocycles. The molecule has 0 atom stereocenters. The summed E-state index contributed by atoms with van der Waals surface area (Å²) in [5, 5.41) is 10.1. The van der Waals surface area contributed by atoms with Crippen LogP contribution in [0.3, 0.4) is 0 Å². The van der Waals surface area contributed by atoms with Crippen LogP contribution in [0.1, 0.15) is 15.9 Å².